The van der Waals surface area contributed by atoms with E-state index in [9.17, 15) is 19.2 Å². The molecule has 0 spiro atoms. The molecule has 4 N–H and O–H groups in total. The van der Waals surface area contributed by atoms with E-state index in [1.54, 1.807) is 27.7 Å². The minimum atomic E-state index is 0.187. The Balaban J connectivity index is -0.00000363. The highest BCUT2D eigenvalue weighted by Gasteiger charge is 2.08. The largest absolute Gasteiger partial charge is 0.316 e. The molecule has 0 fully saturated rings. The third-order valence-corrected chi connectivity index (χ3v) is 6.14. The van der Waals surface area contributed by atoms with Gasteiger partial charge >= 0.3 is 0 Å². The quantitative estimate of drug-likeness (QED) is 0.0582. The van der Waals surface area contributed by atoms with Crippen molar-refractivity contribution in [2.45, 2.75) is 79.1 Å². The number of unbranched alkanes of at least 4 members (excludes halogenated alkanes) is 1. The Bertz CT molecular complexity index is 627. The lowest BCUT2D eigenvalue weighted by atomic mass is 10.2. The SMILES string of the molecule is C=C.C=C.CC(=O)CCNCCCN(CCCCN(CNCCC(C)=O)CNCCC(C)=O)CCCNCCC(C)=O. The van der Waals surface area contributed by atoms with Crippen LogP contribution in [0.5, 0.6) is 0 Å². The van der Waals surface area contributed by atoms with Crippen molar-refractivity contribution in [3.05, 3.63) is 26.3 Å². The fourth-order valence-corrected chi connectivity index (χ4v) is 3.86. The van der Waals surface area contributed by atoms with E-state index in [0.29, 0.717) is 52.1 Å². The fourth-order valence-electron chi connectivity index (χ4n) is 3.86. The average molecular weight is 597 g/mol. The van der Waals surface area contributed by atoms with Crippen molar-refractivity contribution in [2.75, 3.05) is 78.8 Å². The summed E-state index contributed by atoms with van der Waals surface area (Å²) in [5.74, 6) is 0.806. The van der Waals surface area contributed by atoms with Crippen molar-refractivity contribution in [1.29, 1.82) is 0 Å². The molecule has 0 radical (unpaired) electrons. The van der Waals surface area contributed by atoms with E-state index in [2.05, 4.69) is 57.4 Å². The highest BCUT2D eigenvalue weighted by atomic mass is 16.1. The summed E-state index contributed by atoms with van der Waals surface area (Å²) in [5.41, 5.74) is 0. The molecule has 42 heavy (non-hydrogen) atoms. The zero-order valence-corrected chi connectivity index (χ0v) is 27.5. The van der Waals surface area contributed by atoms with Crippen LogP contribution in [0.1, 0.15) is 79.1 Å². The van der Waals surface area contributed by atoms with E-state index >= 15 is 0 Å². The number of Topliss-reactive ketones (excluding diaryl/α,β-unsaturated/α-hetero) is 4. The molecule has 0 atom stereocenters. The molecule has 0 bridgehead atoms. The van der Waals surface area contributed by atoms with Gasteiger partial charge in [-0.2, -0.15) is 0 Å². The minimum Gasteiger partial charge on any atom is -0.316 e. The normalized spacial score (nSPS) is 10.5. The second-order valence-electron chi connectivity index (χ2n) is 10.3. The van der Waals surface area contributed by atoms with Gasteiger partial charge in [0.15, 0.2) is 0 Å². The van der Waals surface area contributed by atoms with Crippen molar-refractivity contribution < 1.29 is 19.2 Å². The molecule has 246 valence electrons. The van der Waals surface area contributed by atoms with Crippen LogP contribution in [-0.2, 0) is 19.2 Å². The van der Waals surface area contributed by atoms with Crippen LogP contribution in [-0.4, -0.2) is 112 Å². The molecule has 0 heterocycles. The summed E-state index contributed by atoms with van der Waals surface area (Å²) in [4.78, 5) is 49.4. The predicted molar refractivity (Wildman–Crippen MR) is 177 cm³/mol. The molecular weight excluding hydrogens is 532 g/mol. The van der Waals surface area contributed by atoms with Crippen molar-refractivity contribution in [3.63, 3.8) is 0 Å². The summed E-state index contributed by atoms with van der Waals surface area (Å²) in [6, 6.07) is 0. The highest BCUT2D eigenvalue weighted by molar-refractivity contribution is 5.76. The van der Waals surface area contributed by atoms with Crippen LogP contribution in [0, 0.1) is 0 Å². The van der Waals surface area contributed by atoms with Crippen LogP contribution >= 0.6 is 0 Å². The minimum absolute atomic E-state index is 0.187. The van der Waals surface area contributed by atoms with Crippen LogP contribution in [0.4, 0.5) is 0 Å². The number of rotatable bonds is 29. The molecule has 10 heteroatoms. The number of carbonyl (C=O) groups is 4. The molecule has 0 aromatic heterocycles. The van der Waals surface area contributed by atoms with Crippen LogP contribution in [0.3, 0.4) is 0 Å². The lowest BCUT2D eigenvalue weighted by Gasteiger charge is -2.25. The fraction of sp³-hybridized carbons (Fsp3) is 0.750. The van der Waals surface area contributed by atoms with Gasteiger partial charge in [0.25, 0.3) is 0 Å². The molecule has 0 amide bonds. The summed E-state index contributed by atoms with van der Waals surface area (Å²) >= 11 is 0. The zero-order valence-electron chi connectivity index (χ0n) is 27.5. The van der Waals surface area contributed by atoms with Gasteiger partial charge in [-0.05, 0) is 86.1 Å². The van der Waals surface area contributed by atoms with Gasteiger partial charge < -0.3 is 26.2 Å². The summed E-state index contributed by atoms with van der Waals surface area (Å²) in [6.07, 6.45) is 6.48. The molecule has 0 aromatic rings. The van der Waals surface area contributed by atoms with E-state index < -0.39 is 0 Å². The predicted octanol–water partition coefficient (Wildman–Crippen LogP) is 2.95. The first kappa shape index (κ1) is 44.4. The zero-order chi connectivity index (χ0) is 32.4. The highest BCUT2D eigenvalue weighted by Crippen LogP contribution is 2.01. The molecular formula is C32H64N6O4. The van der Waals surface area contributed by atoms with Crippen molar-refractivity contribution >= 4 is 23.1 Å². The standard InChI is InChI=1S/C28H56N6O4.2C2H4/c1-25(35)9-15-29-13-7-21-33(22-8-14-30-16-10-26(2)36)19-5-6-20-34(23-31-17-11-27(3)37)24-32-18-12-28(4)38;2*1-2/h29-32H,5-24H2,1-4H3;2*1-2H2. The number of hydrogen-bond acceptors (Lipinski definition) is 10. The maximum absolute atomic E-state index is 11.2. The van der Waals surface area contributed by atoms with Crippen LogP contribution in [0.25, 0.3) is 0 Å². The first-order valence-corrected chi connectivity index (χ1v) is 15.5. The topological polar surface area (TPSA) is 123 Å². The molecule has 0 rings (SSSR count). The first-order chi connectivity index (χ1) is 20.2. The third-order valence-electron chi connectivity index (χ3n) is 6.14. The molecule has 0 saturated carbocycles. The summed E-state index contributed by atoms with van der Waals surface area (Å²) in [6.45, 7) is 28.5. The van der Waals surface area contributed by atoms with Crippen LogP contribution < -0.4 is 21.3 Å². The van der Waals surface area contributed by atoms with E-state index in [4.69, 9.17) is 0 Å². The smallest absolute Gasteiger partial charge is 0.131 e. The third kappa shape index (κ3) is 37.9. The lowest BCUT2D eigenvalue weighted by Crippen LogP contribution is -2.42. The Labute approximate surface area is 257 Å². The molecule has 0 unspecified atom stereocenters. The molecule has 0 saturated heterocycles. The second kappa shape index (κ2) is 35.1. The molecule has 0 aliphatic rings. The summed E-state index contributed by atoms with van der Waals surface area (Å²) < 4.78 is 0. The van der Waals surface area contributed by atoms with Crippen molar-refractivity contribution in [2.24, 2.45) is 0 Å². The Morgan fingerprint density at radius 1 is 0.429 bits per heavy atom. The van der Waals surface area contributed by atoms with Gasteiger partial charge in [0.1, 0.15) is 23.1 Å². The number of nitrogens with one attached hydrogen (secondary N) is 4. The van der Waals surface area contributed by atoms with Crippen LogP contribution in [0.15, 0.2) is 26.3 Å². The Morgan fingerprint density at radius 2 is 0.714 bits per heavy atom. The Kier molecular flexibility index (Phi) is 37.1. The van der Waals surface area contributed by atoms with E-state index in [1.807, 2.05) is 0 Å². The summed E-state index contributed by atoms with van der Waals surface area (Å²) in [5, 5.41) is 13.4. The lowest BCUT2D eigenvalue weighted by molar-refractivity contribution is -0.117. The summed E-state index contributed by atoms with van der Waals surface area (Å²) in [7, 11) is 0. The molecule has 0 aromatic carbocycles. The van der Waals surface area contributed by atoms with Gasteiger partial charge in [0.05, 0.1) is 0 Å². The molecule has 0 aliphatic carbocycles. The monoisotopic (exact) mass is 596 g/mol. The first-order valence-electron chi connectivity index (χ1n) is 15.5. The Hall–Kier alpha value is -2.08. The van der Waals surface area contributed by atoms with Crippen molar-refractivity contribution in [3.8, 4) is 0 Å². The molecule has 0 aliphatic heterocycles. The number of carbonyl (C=O) groups excluding carboxylic acids is 4. The maximum Gasteiger partial charge on any atom is 0.131 e. The van der Waals surface area contributed by atoms with Gasteiger partial charge in [-0.15, -0.1) is 26.3 Å². The van der Waals surface area contributed by atoms with Gasteiger partial charge in [-0.1, -0.05) is 0 Å². The second-order valence-corrected chi connectivity index (χ2v) is 10.3. The van der Waals surface area contributed by atoms with Crippen molar-refractivity contribution in [1.82, 2.24) is 31.1 Å². The number of nitrogens with zero attached hydrogens (tertiary/aromatic N) is 2. The maximum atomic E-state index is 11.2. The van der Waals surface area contributed by atoms with Crippen LogP contribution in [0.2, 0.25) is 0 Å². The van der Waals surface area contributed by atoms with Gasteiger partial charge in [-0.3, -0.25) is 24.1 Å². The van der Waals surface area contributed by atoms with Gasteiger partial charge in [0.2, 0.25) is 0 Å². The average Bonchev–Trinajstić information content (AvgIpc) is 2.95. The number of hydrogen-bond donors (Lipinski definition) is 4. The number of ketones is 4. The van der Waals surface area contributed by atoms with E-state index in [-0.39, 0.29) is 23.1 Å². The van der Waals surface area contributed by atoms with E-state index in [1.165, 1.54) is 0 Å². The Morgan fingerprint density at radius 3 is 1.05 bits per heavy atom. The molecule has 10 nitrogen and oxygen atoms in total. The van der Waals surface area contributed by atoms with Gasteiger partial charge in [-0.25, -0.2) is 0 Å². The van der Waals surface area contributed by atoms with E-state index in [0.717, 1.165) is 78.0 Å². The van der Waals surface area contributed by atoms with Gasteiger partial charge in [0, 0.05) is 71.7 Å².